The van der Waals surface area contributed by atoms with Gasteiger partial charge in [-0.25, -0.2) is 9.67 Å². The summed E-state index contributed by atoms with van der Waals surface area (Å²) in [7, 11) is 0. The fraction of sp³-hybridized carbons (Fsp3) is 0.217. The number of thiazole rings is 1. The highest BCUT2D eigenvalue weighted by Gasteiger charge is 2.30. The van der Waals surface area contributed by atoms with Crippen molar-refractivity contribution >= 4 is 45.8 Å². The number of allylic oxidation sites excluding steroid dienone is 4. The number of hydrogen-bond acceptors (Lipinski definition) is 5. The molecule has 6 nitrogen and oxygen atoms in total. The molecule has 1 amide bonds. The van der Waals surface area contributed by atoms with Crippen LogP contribution in [0.25, 0.3) is 21.8 Å². The van der Waals surface area contributed by atoms with Crippen LogP contribution in [0.2, 0.25) is 5.02 Å². The van der Waals surface area contributed by atoms with Crippen LogP contribution in [0.1, 0.15) is 47.1 Å². The Morgan fingerprint density at radius 1 is 1.29 bits per heavy atom. The van der Waals surface area contributed by atoms with Crippen LogP contribution in [0.4, 0.5) is 5.13 Å². The summed E-state index contributed by atoms with van der Waals surface area (Å²) in [5, 5.41) is 8.82. The number of hydrogen-bond donors (Lipinski definition) is 1. The van der Waals surface area contributed by atoms with E-state index >= 15 is 0 Å². The molecule has 5 rings (SSSR count). The summed E-state index contributed by atoms with van der Waals surface area (Å²) in [5.74, 6) is -0.148. The molecule has 0 unspecified atom stereocenters. The monoisotopic (exact) mass is 450 g/mol. The minimum atomic E-state index is -0.148. The van der Waals surface area contributed by atoms with E-state index in [-0.39, 0.29) is 5.91 Å². The van der Waals surface area contributed by atoms with Crippen molar-refractivity contribution in [2.45, 2.75) is 32.6 Å². The maximum atomic E-state index is 11.6. The molecule has 2 aliphatic rings. The second kappa shape index (κ2) is 7.90. The van der Waals surface area contributed by atoms with Crippen molar-refractivity contribution in [1.29, 1.82) is 0 Å². The highest BCUT2D eigenvalue weighted by atomic mass is 35.5. The molecule has 156 valence electrons. The van der Waals surface area contributed by atoms with E-state index in [9.17, 15) is 9.59 Å². The second-order valence-electron chi connectivity index (χ2n) is 7.53. The average Bonchev–Trinajstić information content (AvgIpc) is 3.34. The van der Waals surface area contributed by atoms with Crippen LogP contribution in [-0.2, 0) is 17.6 Å². The first kappa shape index (κ1) is 19.9. The summed E-state index contributed by atoms with van der Waals surface area (Å²) in [6, 6.07) is 5.20. The van der Waals surface area contributed by atoms with E-state index in [0.717, 1.165) is 65.1 Å². The Balaban J connectivity index is 1.74. The number of carbonyl (C=O) groups is 2. The summed E-state index contributed by atoms with van der Waals surface area (Å²) in [5.41, 5.74) is 6.32. The lowest BCUT2D eigenvalue weighted by Crippen LogP contribution is -2.07. The Morgan fingerprint density at radius 3 is 2.87 bits per heavy atom. The quantitative estimate of drug-likeness (QED) is 0.550. The van der Waals surface area contributed by atoms with Gasteiger partial charge in [0.1, 0.15) is 6.29 Å². The molecule has 2 aromatic heterocycles. The van der Waals surface area contributed by atoms with E-state index in [0.29, 0.717) is 21.4 Å². The van der Waals surface area contributed by atoms with Gasteiger partial charge >= 0.3 is 0 Å². The predicted molar refractivity (Wildman–Crippen MR) is 123 cm³/mol. The summed E-state index contributed by atoms with van der Waals surface area (Å²) in [6.07, 6.45) is 10.9. The molecule has 0 fully saturated rings. The Kier molecular flexibility index (Phi) is 5.08. The number of halogens is 1. The topological polar surface area (TPSA) is 76.9 Å². The van der Waals surface area contributed by atoms with Crippen molar-refractivity contribution in [2.24, 2.45) is 0 Å². The van der Waals surface area contributed by atoms with Gasteiger partial charge in [-0.1, -0.05) is 41.2 Å². The number of carbonyl (C=O) groups excluding carboxylic acids is 2. The fourth-order valence-electron chi connectivity index (χ4n) is 4.04. The number of rotatable bonds is 4. The van der Waals surface area contributed by atoms with Crippen molar-refractivity contribution in [3.8, 4) is 16.3 Å². The molecule has 0 saturated carbocycles. The highest BCUT2D eigenvalue weighted by molar-refractivity contribution is 7.19. The van der Waals surface area contributed by atoms with E-state index in [1.165, 1.54) is 18.3 Å². The molecule has 3 aromatic rings. The number of nitrogens with one attached hydrogen (secondary N) is 1. The van der Waals surface area contributed by atoms with Crippen molar-refractivity contribution in [3.05, 3.63) is 64.0 Å². The third-order valence-corrected chi connectivity index (χ3v) is 6.72. The van der Waals surface area contributed by atoms with E-state index in [2.05, 4.69) is 28.5 Å². The SMILES string of the molecule is CC(=O)Nc1nc2c(s1)-c1c(c(C3=CCCC=C3)nn1-c1ccc(C=O)cc1Cl)CC2. The largest absolute Gasteiger partial charge is 0.302 e. The first-order valence-electron chi connectivity index (χ1n) is 10.1. The van der Waals surface area contributed by atoms with E-state index < -0.39 is 0 Å². The Bertz CT molecular complexity index is 1280. The van der Waals surface area contributed by atoms with Gasteiger partial charge in [-0.2, -0.15) is 5.10 Å². The predicted octanol–water partition coefficient (Wildman–Crippen LogP) is 5.25. The van der Waals surface area contributed by atoms with Gasteiger partial charge in [-0.05, 0) is 49.5 Å². The zero-order chi connectivity index (χ0) is 21.5. The lowest BCUT2D eigenvalue weighted by molar-refractivity contribution is -0.114. The van der Waals surface area contributed by atoms with Gasteiger partial charge < -0.3 is 5.32 Å². The molecule has 0 radical (unpaired) electrons. The number of aromatic nitrogens is 3. The van der Waals surface area contributed by atoms with Gasteiger partial charge in [-0.15, -0.1) is 0 Å². The molecule has 2 aliphatic carbocycles. The number of aryl methyl sites for hydroxylation is 1. The van der Waals surface area contributed by atoms with Crippen LogP contribution in [0.5, 0.6) is 0 Å². The second-order valence-corrected chi connectivity index (χ2v) is 8.94. The van der Waals surface area contributed by atoms with Crippen molar-refractivity contribution in [1.82, 2.24) is 14.8 Å². The summed E-state index contributed by atoms with van der Waals surface area (Å²) < 4.78 is 1.86. The molecule has 0 atom stereocenters. The van der Waals surface area contributed by atoms with Gasteiger partial charge in [0, 0.05) is 18.1 Å². The zero-order valence-corrected chi connectivity index (χ0v) is 18.4. The van der Waals surface area contributed by atoms with E-state index in [4.69, 9.17) is 16.7 Å². The summed E-state index contributed by atoms with van der Waals surface area (Å²) in [4.78, 5) is 28.3. The number of benzene rings is 1. The van der Waals surface area contributed by atoms with Crippen molar-refractivity contribution in [2.75, 3.05) is 5.32 Å². The van der Waals surface area contributed by atoms with Crippen molar-refractivity contribution in [3.63, 3.8) is 0 Å². The molecule has 8 heteroatoms. The molecular weight excluding hydrogens is 432 g/mol. The molecule has 0 saturated heterocycles. The number of anilines is 1. The third-order valence-electron chi connectivity index (χ3n) is 5.40. The normalized spacial score (nSPS) is 14.6. The lowest BCUT2D eigenvalue weighted by atomic mass is 9.93. The average molecular weight is 451 g/mol. The summed E-state index contributed by atoms with van der Waals surface area (Å²) in [6.45, 7) is 1.48. The molecule has 1 aromatic carbocycles. The number of aldehydes is 1. The van der Waals surface area contributed by atoms with Crippen LogP contribution in [0.15, 0.2) is 36.4 Å². The van der Waals surface area contributed by atoms with Gasteiger partial charge in [0.25, 0.3) is 0 Å². The highest BCUT2D eigenvalue weighted by Crippen LogP contribution is 2.44. The molecule has 2 heterocycles. The molecule has 1 N–H and O–H groups in total. The first-order chi connectivity index (χ1) is 15.0. The molecular formula is C23H19ClN4O2S. The maximum Gasteiger partial charge on any atom is 0.223 e. The first-order valence-corrected chi connectivity index (χ1v) is 11.3. The lowest BCUT2D eigenvalue weighted by Gasteiger charge is -2.15. The number of amides is 1. The van der Waals surface area contributed by atoms with Gasteiger partial charge in [0.2, 0.25) is 5.91 Å². The Labute approximate surface area is 188 Å². The smallest absolute Gasteiger partial charge is 0.223 e. The van der Waals surface area contributed by atoms with Crippen LogP contribution in [0, 0.1) is 0 Å². The third kappa shape index (κ3) is 3.54. The van der Waals surface area contributed by atoms with Crippen LogP contribution < -0.4 is 5.32 Å². The minimum absolute atomic E-state index is 0.148. The molecule has 0 aliphatic heterocycles. The van der Waals surface area contributed by atoms with Crippen molar-refractivity contribution < 1.29 is 9.59 Å². The Hall–Kier alpha value is -3.03. The standard InChI is InChI=1S/C23H19ClN4O2S/c1-13(30)25-23-26-18-9-8-16-20(15-5-3-2-4-6-15)27-28(21(16)22(18)31-23)19-10-7-14(12-29)11-17(19)24/h3,5-7,10-12H,2,4,8-9H2,1H3,(H,25,26,30). The van der Waals surface area contributed by atoms with Gasteiger partial charge in [0.05, 0.1) is 32.7 Å². The Morgan fingerprint density at radius 2 is 2.16 bits per heavy atom. The zero-order valence-electron chi connectivity index (χ0n) is 16.8. The maximum absolute atomic E-state index is 11.6. The molecule has 0 bridgehead atoms. The molecule has 31 heavy (non-hydrogen) atoms. The molecule has 0 spiro atoms. The van der Waals surface area contributed by atoms with Gasteiger partial charge in [0.15, 0.2) is 5.13 Å². The fourth-order valence-corrected chi connectivity index (χ4v) is 5.42. The van der Waals surface area contributed by atoms with Crippen LogP contribution >= 0.6 is 22.9 Å². The number of nitrogens with zero attached hydrogens (tertiary/aromatic N) is 3. The van der Waals surface area contributed by atoms with E-state index in [1.54, 1.807) is 12.1 Å². The minimum Gasteiger partial charge on any atom is -0.302 e. The van der Waals surface area contributed by atoms with Crippen LogP contribution in [-0.4, -0.2) is 27.0 Å². The van der Waals surface area contributed by atoms with E-state index in [1.807, 2.05) is 10.7 Å². The van der Waals surface area contributed by atoms with Gasteiger partial charge in [-0.3, -0.25) is 9.59 Å². The van der Waals surface area contributed by atoms with Crippen LogP contribution in [0.3, 0.4) is 0 Å². The number of fused-ring (bicyclic) bond motifs is 3. The summed E-state index contributed by atoms with van der Waals surface area (Å²) >= 11 is 8.01.